The third kappa shape index (κ3) is 2.65. The third-order valence-corrected chi connectivity index (χ3v) is 3.78. The SMILES string of the molecule is CCn1nc(CNCC2CCOC2)c2ccccc21. The molecule has 0 bridgehead atoms. The lowest BCUT2D eigenvalue weighted by atomic mass is 10.1. The lowest BCUT2D eigenvalue weighted by molar-refractivity contribution is 0.185. The molecule has 1 fully saturated rings. The molecule has 2 heterocycles. The fraction of sp³-hybridized carbons (Fsp3) is 0.533. The van der Waals surface area contributed by atoms with Crippen LogP contribution in [0.3, 0.4) is 0 Å². The van der Waals surface area contributed by atoms with Gasteiger partial charge in [0, 0.05) is 31.6 Å². The van der Waals surface area contributed by atoms with Crippen molar-refractivity contribution < 1.29 is 4.74 Å². The fourth-order valence-electron chi connectivity index (χ4n) is 2.71. The van der Waals surface area contributed by atoms with Gasteiger partial charge in [-0.1, -0.05) is 18.2 Å². The van der Waals surface area contributed by atoms with Gasteiger partial charge in [0.25, 0.3) is 0 Å². The highest BCUT2D eigenvalue weighted by atomic mass is 16.5. The van der Waals surface area contributed by atoms with Crippen LogP contribution >= 0.6 is 0 Å². The number of aryl methyl sites for hydroxylation is 1. The lowest BCUT2D eigenvalue weighted by Gasteiger charge is -2.07. The van der Waals surface area contributed by atoms with E-state index in [4.69, 9.17) is 9.84 Å². The summed E-state index contributed by atoms with van der Waals surface area (Å²) in [6.45, 7) is 6.72. The second-order valence-electron chi connectivity index (χ2n) is 5.14. The second-order valence-corrected chi connectivity index (χ2v) is 5.14. The molecule has 4 nitrogen and oxygen atoms in total. The molecule has 1 aliphatic heterocycles. The van der Waals surface area contributed by atoms with Gasteiger partial charge in [-0.25, -0.2) is 0 Å². The Balaban J connectivity index is 1.69. The average Bonchev–Trinajstić information content (AvgIpc) is 3.07. The molecular weight excluding hydrogens is 238 g/mol. The molecule has 1 aromatic heterocycles. The van der Waals surface area contributed by atoms with Crippen molar-refractivity contribution in [3.8, 4) is 0 Å². The van der Waals surface area contributed by atoms with E-state index in [-0.39, 0.29) is 0 Å². The molecular formula is C15H21N3O. The Bertz CT molecular complexity index is 543. The summed E-state index contributed by atoms with van der Waals surface area (Å²) in [5.74, 6) is 0.666. The van der Waals surface area contributed by atoms with Gasteiger partial charge >= 0.3 is 0 Å². The number of nitrogens with zero attached hydrogens (tertiary/aromatic N) is 2. The molecule has 0 spiro atoms. The van der Waals surface area contributed by atoms with Crippen molar-refractivity contribution >= 4 is 10.9 Å². The average molecular weight is 259 g/mol. The van der Waals surface area contributed by atoms with Crippen LogP contribution in [0.1, 0.15) is 19.0 Å². The van der Waals surface area contributed by atoms with Crippen LogP contribution in [0.4, 0.5) is 0 Å². The smallest absolute Gasteiger partial charge is 0.0841 e. The van der Waals surface area contributed by atoms with Crippen LogP contribution in [-0.2, 0) is 17.8 Å². The Labute approximate surface area is 113 Å². The minimum absolute atomic E-state index is 0.666. The maximum atomic E-state index is 5.39. The van der Waals surface area contributed by atoms with Gasteiger partial charge in [0.1, 0.15) is 0 Å². The predicted octanol–water partition coefficient (Wildman–Crippen LogP) is 2.18. The number of nitrogens with one attached hydrogen (secondary N) is 1. The van der Waals surface area contributed by atoms with Crippen molar-refractivity contribution in [2.75, 3.05) is 19.8 Å². The maximum Gasteiger partial charge on any atom is 0.0841 e. The molecule has 1 unspecified atom stereocenters. The highest BCUT2D eigenvalue weighted by Crippen LogP contribution is 2.18. The first-order chi connectivity index (χ1) is 9.38. The zero-order valence-electron chi connectivity index (χ0n) is 11.4. The number of hydrogen-bond acceptors (Lipinski definition) is 3. The van der Waals surface area contributed by atoms with Gasteiger partial charge < -0.3 is 10.1 Å². The highest BCUT2D eigenvalue weighted by Gasteiger charge is 2.15. The number of rotatable bonds is 5. The Kier molecular flexibility index (Phi) is 3.80. The molecule has 4 heteroatoms. The molecule has 2 aromatic rings. The monoisotopic (exact) mass is 259 g/mol. The van der Waals surface area contributed by atoms with Crippen molar-refractivity contribution in [3.63, 3.8) is 0 Å². The standard InChI is InChI=1S/C15H21N3O/c1-2-18-15-6-4-3-5-13(15)14(17-18)10-16-9-12-7-8-19-11-12/h3-6,12,16H,2,7-11H2,1H3. The summed E-state index contributed by atoms with van der Waals surface area (Å²) in [6, 6.07) is 8.45. The molecule has 1 N–H and O–H groups in total. The van der Waals surface area contributed by atoms with E-state index in [1.165, 1.54) is 17.3 Å². The molecule has 1 aromatic carbocycles. The topological polar surface area (TPSA) is 39.1 Å². The second kappa shape index (κ2) is 5.72. The normalized spacial score (nSPS) is 19.3. The predicted molar refractivity (Wildman–Crippen MR) is 76.0 cm³/mol. The molecule has 0 radical (unpaired) electrons. The van der Waals surface area contributed by atoms with Gasteiger partial charge in [-0.2, -0.15) is 5.10 Å². The summed E-state index contributed by atoms with van der Waals surface area (Å²) < 4.78 is 7.47. The summed E-state index contributed by atoms with van der Waals surface area (Å²) in [4.78, 5) is 0. The first-order valence-corrected chi connectivity index (χ1v) is 7.11. The zero-order chi connectivity index (χ0) is 13.1. The maximum absolute atomic E-state index is 5.39. The summed E-state index contributed by atoms with van der Waals surface area (Å²) in [6.07, 6.45) is 1.18. The van der Waals surface area contributed by atoms with Gasteiger partial charge in [0.15, 0.2) is 0 Å². The molecule has 1 atom stereocenters. The summed E-state index contributed by atoms with van der Waals surface area (Å²) in [7, 11) is 0. The van der Waals surface area contributed by atoms with Gasteiger partial charge in [-0.3, -0.25) is 4.68 Å². The number of fused-ring (bicyclic) bond motifs is 1. The minimum Gasteiger partial charge on any atom is -0.381 e. The van der Waals surface area contributed by atoms with E-state index in [2.05, 4.69) is 41.2 Å². The van der Waals surface area contributed by atoms with Crippen molar-refractivity contribution in [2.24, 2.45) is 5.92 Å². The van der Waals surface area contributed by atoms with Crippen molar-refractivity contribution in [2.45, 2.75) is 26.4 Å². The first-order valence-electron chi connectivity index (χ1n) is 7.11. The largest absolute Gasteiger partial charge is 0.381 e. The van der Waals surface area contributed by atoms with Crippen LogP contribution in [0.15, 0.2) is 24.3 Å². The van der Waals surface area contributed by atoms with E-state index in [9.17, 15) is 0 Å². The van der Waals surface area contributed by atoms with Crippen molar-refractivity contribution in [1.82, 2.24) is 15.1 Å². The number of benzene rings is 1. The molecule has 1 aliphatic rings. The molecule has 19 heavy (non-hydrogen) atoms. The van der Waals surface area contributed by atoms with Crippen molar-refractivity contribution in [3.05, 3.63) is 30.0 Å². The minimum atomic E-state index is 0.666. The van der Waals surface area contributed by atoms with Gasteiger partial charge in [0.2, 0.25) is 0 Å². The molecule has 0 amide bonds. The van der Waals surface area contributed by atoms with Crippen LogP contribution in [0.25, 0.3) is 10.9 Å². The van der Waals surface area contributed by atoms with Crippen LogP contribution in [-0.4, -0.2) is 29.5 Å². The Morgan fingerprint density at radius 3 is 3.11 bits per heavy atom. The number of aromatic nitrogens is 2. The Morgan fingerprint density at radius 1 is 1.42 bits per heavy atom. The zero-order valence-corrected chi connectivity index (χ0v) is 11.4. The number of hydrogen-bond donors (Lipinski definition) is 1. The van der Waals surface area contributed by atoms with Crippen LogP contribution < -0.4 is 5.32 Å². The van der Waals surface area contributed by atoms with Crippen LogP contribution in [0.5, 0.6) is 0 Å². The highest BCUT2D eigenvalue weighted by molar-refractivity contribution is 5.81. The third-order valence-electron chi connectivity index (χ3n) is 3.78. The summed E-state index contributed by atoms with van der Waals surface area (Å²) in [5, 5.41) is 9.48. The van der Waals surface area contributed by atoms with E-state index in [0.29, 0.717) is 5.92 Å². The molecule has 1 saturated heterocycles. The summed E-state index contributed by atoms with van der Waals surface area (Å²) in [5.41, 5.74) is 2.38. The molecule has 102 valence electrons. The molecule has 0 saturated carbocycles. The van der Waals surface area contributed by atoms with E-state index in [1.807, 2.05) is 0 Å². The van der Waals surface area contributed by atoms with E-state index >= 15 is 0 Å². The Morgan fingerprint density at radius 2 is 2.32 bits per heavy atom. The van der Waals surface area contributed by atoms with Crippen LogP contribution in [0.2, 0.25) is 0 Å². The van der Waals surface area contributed by atoms with Crippen molar-refractivity contribution in [1.29, 1.82) is 0 Å². The van der Waals surface area contributed by atoms with Gasteiger partial charge in [-0.15, -0.1) is 0 Å². The molecule has 0 aliphatic carbocycles. The van der Waals surface area contributed by atoms with E-state index in [1.54, 1.807) is 0 Å². The molecule has 3 rings (SSSR count). The first kappa shape index (κ1) is 12.6. The van der Waals surface area contributed by atoms with Gasteiger partial charge in [0.05, 0.1) is 17.8 Å². The Hall–Kier alpha value is -1.39. The lowest BCUT2D eigenvalue weighted by Crippen LogP contribution is -2.23. The summed E-state index contributed by atoms with van der Waals surface area (Å²) >= 11 is 0. The quantitative estimate of drug-likeness (QED) is 0.894. The van der Waals surface area contributed by atoms with E-state index < -0.39 is 0 Å². The number of ether oxygens (including phenoxy) is 1. The van der Waals surface area contributed by atoms with E-state index in [0.717, 1.165) is 38.5 Å². The fourth-order valence-corrected chi connectivity index (χ4v) is 2.71. The number of para-hydroxylation sites is 1. The van der Waals surface area contributed by atoms with Crippen LogP contribution in [0, 0.1) is 5.92 Å². The van der Waals surface area contributed by atoms with Gasteiger partial charge in [-0.05, 0) is 25.3 Å².